The molecule has 1 saturated heterocycles. The van der Waals surface area contributed by atoms with Crippen LogP contribution in [-0.4, -0.2) is 67.8 Å². The van der Waals surface area contributed by atoms with E-state index in [1.807, 2.05) is 60.7 Å². The highest BCUT2D eigenvalue weighted by atomic mass is 32.2. The number of hydrogen-bond donors (Lipinski definition) is 2. The summed E-state index contributed by atoms with van der Waals surface area (Å²) in [5.74, 6) is -2.15. The minimum absolute atomic E-state index is 0.0215. The van der Waals surface area contributed by atoms with Crippen LogP contribution in [0.5, 0.6) is 0 Å². The summed E-state index contributed by atoms with van der Waals surface area (Å²) in [5.41, 5.74) is 7.24. The Labute approximate surface area is 279 Å². The van der Waals surface area contributed by atoms with Gasteiger partial charge >= 0.3 is 12.1 Å². The Morgan fingerprint density at radius 2 is 1.72 bits per heavy atom. The third kappa shape index (κ3) is 6.99. The molecule has 3 heterocycles. The van der Waals surface area contributed by atoms with E-state index in [4.69, 9.17) is 15.2 Å². The normalized spacial score (nSPS) is 18.1. The Morgan fingerprint density at radius 3 is 2.28 bits per heavy atom. The van der Waals surface area contributed by atoms with Crippen LogP contribution in [0.2, 0.25) is 0 Å². The molecule has 2 aromatic carbocycles. The number of nitrogens with zero attached hydrogens (tertiary/aromatic N) is 3. The molecule has 1 fully saturated rings. The number of hydrogen-bond acceptors (Lipinski definition) is 11. The zero-order valence-electron chi connectivity index (χ0n) is 25.8. The number of carbonyl (C=O) groups excluding carboxylic acids is 5. The second kappa shape index (κ2) is 13.9. The molecule has 0 spiro atoms. The smallest absolute Gasteiger partial charge is 0.417 e. The maximum absolute atomic E-state index is 14.0. The van der Waals surface area contributed by atoms with Crippen molar-refractivity contribution in [3.8, 4) is 0 Å². The number of aromatic nitrogens is 1. The molecule has 14 heteroatoms. The van der Waals surface area contributed by atoms with Crippen molar-refractivity contribution in [2.75, 3.05) is 11.1 Å². The van der Waals surface area contributed by atoms with Gasteiger partial charge in [-0.15, -0.1) is 23.1 Å². The van der Waals surface area contributed by atoms with E-state index in [2.05, 4.69) is 16.9 Å². The Hall–Kier alpha value is -4.79. The number of esters is 1. The highest BCUT2D eigenvalue weighted by molar-refractivity contribution is 8.00. The van der Waals surface area contributed by atoms with E-state index < -0.39 is 53.0 Å². The molecule has 47 heavy (non-hydrogen) atoms. The van der Waals surface area contributed by atoms with Crippen LogP contribution in [0.1, 0.15) is 49.7 Å². The molecule has 3 aromatic rings. The van der Waals surface area contributed by atoms with Crippen LogP contribution in [0.25, 0.3) is 0 Å². The summed E-state index contributed by atoms with van der Waals surface area (Å²) in [6, 6.07) is 15.6. The largest absolute Gasteiger partial charge is 0.448 e. The van der Waals surface area contributed by atoms with Crippen molar-refractivity contribution in [2.24, 2.45) is 5.73 Å². The third-order valence-electron chi connectivity index (χ3n) is 7.23. The summed E-state index contributed by atoms with van der Waals surface area (Å²) in [6.07, 6.45) is 0.0629. The number of ether oxygens (including phenoxy) is 2. The van der Waals surface area contributed by atoms with Crippen LogP contribution in [0.4, 0.5) is 9.93 Å². The minimum atomic E-state index is -1.46. The number of thiazole rings is 1. The molecule has 0 bridgehead atoms. The maximum Gasteiger partial charge on any atom is 0.417 e. The second-order valence-corrected chi connectivity index (χ2v) is 13.5. The number of fused-ring (bicyclic) bond motifs is 1. The molecule has 3 N–H and O–H groups in total. The molecule has 2 unspecified atom stereocenters. The van der Waals surface area contributed by atoms with Gasteiger partial charge in [-0.25, -0.2) is 19.5 Å². The molecule has 4 amide bonds. The van der Waals surface area contributed by atoms with Crippen LogP contribution in [0.15, 0.2) is 90.0 Å². The molecule has 5 rings (SSSR count). The molecule has 12 nitrogen and oxygen atoms in total. The van der Waals surface area contributed by atoms with Crippen molar-refractivity contribution < 1.29 is 33.4 Å². The predicted octanol–water partition coefficient (Wildman–Crippen LogP) is 4.53. The molecule has 3 atom stereocenters. The third-order valence-corrected chi connectivity index (χ3v) is 9.31. The second-order valence-electron chi connectivity index (χ2n) is 11.5. The Bertz CT molecular complexity index is 1680. The first-order valence-corrected chi connectivity index (χ1v) is 16.5. The number of nitrogens with one attached hydrogen (secondary N) is 1. The lowest BCUT2D eigenvalue weighted by Gasteiger charge is -2.52. The molecule has 0 aliphatic carbocycles. The highest BCUT2D eigenvalue weighted by Crippen LogP contribution is 2.44. The van der Waals surface area contributed by atoms with Gasteiger partial charge in [0.2, 0.25) is 6.41 Å². The molecule has 2 aliphatic rings. The summed E-state index contributed by atoms with van der Waals surface area (Å²) >= 11 is 2.29. The van der Waals surface area contributed by atoms with E-state index in [0.717, 1.165) is 22.5 Å². The fourth-order valence-electron chi connectivity index (χ4n) is 5.09. The average molecular weight is 676 g/mol. The number of imide groups is 1. The first kappa shape index (κ1) is 33.6. The molecule has 1 aromatic heterocycles. The number of carbonyl (C=O) groups is 5. The van der Waals surface area contributed by atoms with E-state index in [1.165, 1.54) is 28.1 Å². The van der Waals surface area contributed by atoms with Crippen molar-refractivity contribution in [1.29, 1.82) is 0 Å². The van der Waals surface area contributed by atoms with Crippen molar-refractivity contribution in [2.45, 2.75) is 49.9 Å². The zero-order chi connectivity index (χ0) is 33.9. The number of thioether (sulfide) groups is 1. The number of amides is 4. The van der Waals surface area contributed by atoms with Gasteiger partial charge in [0.1, 0.15) is 22.7 Å². The van der Waals surface area contributed by atoms with Crippen LogP contribution in [0.3, 0.4) is 0 Å². The van der Waals surface area contributed by atoms with Crippen LogP contribution in [0, 0.1) is 0 Å². The number of allylic oxidation sites excluding steroid dienone is 1. The molecule has 0 saturated carbocycles. The lowest BCUT2D eigenvalue weighted by Crippen LogP contribution is -2.73. The number of rotatable bonds is 10. The van der Waals surface area contributed by atoms with E-state index >= 15 is 0 Å². The van der Waals surface area contributed by atoms with Crippen LogP contribution >= 0.6 is 23.1 Å². The Kier molecular flexibility index (Phi) is 9.94. The van der Waals surface area contributed by atoms with Crippen molar-refractivity contribution in [3.05, 3.63) is 107 Å². The van der Waals surface area contributed by atoms with Gasteiger partial charge in [0.15, 0.2) is 17.3 Å². The van der Waals surface area contributed by atoms with E-state index in [9.17, 15) is 24.0 Å². The Morgan fingerprint density at radius 1 is 1.11 bits per heavy atom. The van der Waals surface area contributed by atoms with Gasteiger partial charge < -0.3 is 20.5 Å². The highest BCUT2D eigenvalue weighted by Gasteiger charge is 2.59. The van der Waals surface area contributed by atoms with E-state index in [0.29, 0.717) is 16.9 Å². The summed E-state index contributed by atoms with van der Waals surface area (Å²) in [5, 5.41) is 3.21. The summed E-state index contributed by atoms with van der Waals surface area (Å²) in [6.45, 7) is 8.71. The van der Waals surface area contributed by atoms with Crippen molar-refractivity contribution in [1.82, 2.24) is 14.8 Å². The lowest BCUT2D eigenvalue weighted by molar-refractivity contribution is -0.161. The quantitative estimate of drug-likeness (QED) is 0.177. The van der Waals surface area contributed by atoms with E-state index in [1.54, 1.807) is 20.8 Å². The zero-order valence-corrected chi connectivity index (χ0v) is 27.5. The average Bonchev–Trinajstić information content (AvgIpc) is 3.53. The monoisotopic (exact) mass is 675 g/mol. The molecule has 244 valence electrons. The molecular weight excluding hydrogens is 643 g/mol. The van der Waals surface area contributed by atoms with Gasteiger partial charge in [-0.3, -0.25) is 19.3 Å². The van der Waals surface area contributed by atoms with Gasteiger partial charge in [-0.05, 0) is 37.5 Å². The lowest BCUT2D eigenvalue weighted by atomic mass is 9.99. The fraction of sp³-hybridized carbons (Fsp3) is 0.273. The van der Waals surface area contributed by atoms with Gasteiger partial charge in [0.25, 0.3) is 11.8 Å². The summed E-state index contributed by atoms with van der Waals surface area (Å²) in [4.78, 5) is 72.3. The van der Waals surface area contributed by atoms with Gasteiger partial charge in [-0.1, -0.05) is 73.3 Å². The molecule has 2 aliphatic heterocycles. The molecular formula is C33H33N5O7S2. The van der Waals surface area contributed by atoms with Gasteiger partial charge in [0.05, 0.1) is 5.69 Å². The first-order valence-electron chi connectivity index (χ1n) is 14.5. The van der Waals surface area contributed by atoms with E-state index in [-0.39, 0.29) is 22.3 Å². The maximum atomic E-state index is 14.0. The fourth-order valence-corrected chi connectivity index (χ4v) is 7.18. The number of β-lactam (4-membered cyclic amide) rings is 1. The SMILES string of the molecule is C=CC1=C(C(=O)OC(c2ccccc2)c2ccccc2)N2C(=O)C(N(C(=O)OC(C)(C)C)C(=O)C(N)c3csc(NC=O)n3)[C@H]2SC1. The summed E-state index contributed by atoms with van der Waals surface area (Å²) in [7, 11) is 0. The number of nitrogens with two attached hydrogens (primary N) is 1. The standard InChI is InChI=1S/C33H33N5O7S2/c1-5-19-16-46-29-25(38(32(43)45-33(2,3)4)27(40)23(34)22-17-47-31(36-22)35-18-39)28(41)37(29)24(19)30(42)44-26(20-12-8-6-9-13-20)21-14-10-7-11-15-21/h5-15,17-18,23,25-26,29H,1,16,34H2,2-4H3,(H,35,36,39)/t23?,25?,29-/m1/s1. The topological polar surface area (TPSA) is 161 Å². The predicted molar refractivity (Wildman–Crippen MR) is 177 cm³/mol. The number of anilines is 1. The van der Waals surface area contributed by atoms with Gasteiger partial charge in [0, 0.05) is 11.1 Å². The molecule has 0 radical (unpaired) electrons. The Balaban J connectivity index is 1.46. The van der Waals surface area contributed by atoms with Crippen molar-refractivity contribution >= 4 is 58.5 Å². The number of benzene rings is 2. The van der Waals surface area contributed by atoms with Gasteiger partial charge in [-0.2, -0.15) is 0 Å². The van der Waals surface area contributed by atoms with Crippen LogP contribution < -0.4 is 11.1 Å². The summed E-state index contributed by atoms with van der Waals surface area (Å²) < 4.78 is 11.6. The first-order chi connectivity index (χ1) is 22.4. The van der Waals surface area contributed by atoms with Crippen molar-refractivity contribution in [3.63, 3.8) is 0 Å². The minimum Gasteiger partial charge on any atom is -0.448 e. The van der Waals surface area contributed by atoms with Crippen LogP contribution in [-0.2, 0) is 28.7 Å².